The minimum absolute atomic E-state index is 0.123. The number of nitrogens with one attached hydrogen (secondary N) is 1. The molecule has 0 atom stereocenters. The summed E-state index contributed by atoms with van der Waals surface area (Å²) >= 11 is 0. The van der Waals surface area contributed by atoms with E-state index in [1.165, 1.54) is 30.2 Å². The topological polar surface area (TPSA) is 88.8 Å². The van der Waals surface area contributed by atoms with Crippen LogP contribution in [0.4, 0.5) is 5.95 Å². The monoisotopic (exact) mass is 287 g/mol. The van der Waals surface area contributed by atoms with Crippen molar-refractivity contribution < 1.29 is 4.79 Å². The van der Waals surface area contributed by atoms with Crippen LogP contribution in [0.1, 0.15) is 18.5 Å². The number of anilines is 1. The molecule has 0 saturated carbocycles. The van der Waals surface area contributed by atoms with Crippen molar-refractivity contribution >= 4 is 11.9 Å². The Hall–Kier alpha value is -2.51. The van der Waals surface area contributed by atoms with Crippen LogP contribution in [0.5, 0.6) is 0 Å². The molecule has 2 aromatic heterocycles. The molecule has 3 rings (SSSR count). The van der Waals surface area contributed by atoms with Crippen LogP contribution in [0.3, 0.4) is 0 Å². The quantitative estimate of drug-likeness (QED) is 0.831. The predicted molar refractivity (Wildman–Crippen MR) is 75.3 cm³/mol. The number of hydrogen-bond acceptors (Lipinski definition) is 6. The molecule has 110 valence electrons. The summed E-state index contributed by atoms with van der Waals surface area (Å²) in [6.45, 7) is 2.55. The molecule has 21 heavy (non-hydrogen) atoms. The molecule has 1 aliphatic rings. The van der Waals surface area contributed by atoms with Gasteiger partial charge in [0.2, 0.25) is 11.9 Å². The molecule has 3 heterocycles. The zero-order chi connectivity index (χ0) is 14.5. The summed E-state index contributed by atoms with van der Waals surface area (Å²) in [7, 11) is 0. The number of carbonyl (C=O) groups excluding carboxylic acids is 1. The van der Waals surface area contributed by atoms with E-state index in [1.807, 2.05) is 6.07 Å². The molecule has 2 aromatic rings. The third kappa shape index (κ3) is 3.53. The number of hydrogen-bond donors (Lipinski definition) is 1. The maximum Gasteiger partial charge on any atom is 0.242 e. The lowest BCUT2D eigenvalue weighted by atomic mass is 10.4. The summed E-state index contributed by atoms with van der Waals surface area (Å²) in [5, 5.41) is 6.71. The van der Waals surface area contributed by atoms with Gasteiger partial charge < -0.3 is 10.2 Å². The highest BCUT2D eigenvalue weighted by atomic mass is 16.2. The van der Waals surface area contributed by atoms with Crippen LogP contribution in [0.15, 0.2) is 24.9 Å². The maximum absolute atomic E-state index is 11.8. The first kappa shape index (κ1) is 13.5. The molecule has 8 nitrogen and oxygen atoms in total. The van der Waals surface area contributed by atoms with Crippen molar-refractivity contribution in [3.05, 3.63) is 30.6 Å². The van der Waals surface area contributed by atoms with Gasteiger partial charge in [0.25, 0.3) is 0 Å². The fraction of sp³-hybridized carbons (Fsp3) is 0.462. The van der Waals surface area contributed by atoms with Gasteiger partial charge in [0.05, 0.1) is 12.2 Å². The van der Waals surface area contributed by atoms with E-state index in [9.17, 15) is 4.79 Å². The van der Waals surface area contributed by atoms with Crippen LogP contribution in [0.25, 0.3) is 0 Å². The molecule has 0 radical (unpaired) electrons. The molecule has 8 heteroatoms. The van der Waals surface area contributed by atoms with Crippen molar-refractivity contribution in [2.75, 3.05) is 18.0 Å². The van der Waals surface area contributed by atoms with E-state index in [-0.39, 0.29) is 12.5 Å². The van der Waals surface area contributed by atoms with Crippen molar-refractivity contribution in [1.82, 2.24) is 30.0 Å². The highest BCUT2D eigenvalue weighted by molar-refractivity contribution is 5.75. The van der Waals surface area contributed by atoms with E-state index in [4.69, 9.17) is 0 Å². The van der Waals surface area contributed by atoms with Gasteiger partial charge in [-0.15, -0.1) is 0 Å². The fourth-order valence-electron chi connectivity index (χ4n) is 2.26. The van der Waals surface area contributed by atoms with Crippen molar-refractivity contribution in [2.45, 2.75) is 25.9 Å². The molecule has 0 spiro atoms. The van der Waals surface area contributed by atoms with E-state index in [2.05, 4.69) is 30.3 Å². The van der Waals surface area contributed by atoms with Gasteiger partial charge in [-0.1, -0.05) is 0 Å². The van der Waals surface area contributed by atoms with Crippen LogP contribution in [-0.2, 0) is 17.9 Å². The summed E-state index contributed by atoms with van der Waals surface area (Å²) in [4.78, 5) is 26.5. The second-order valence-corrected chi connectivity index (χ2v) is 4.91. The van der Waals surface area contributed by atoms with Crippen molar-refractivity contribution in [2.24, 2.45) is 0 Å². The Balaban J connectivity index is 1.55. The number of aromatic nitrogens is 5. The second kappa shape index (κ2) is 6.29. The Kier molecular flexibility index (Phi) is 4.04. The summed E-state index contributed by atoms with van der Waals surface area (Å²) in [6, 6.07) is 1.81. The zero-order valence-corrected chi connectivity index (χ0v) is 11.6. The van der Waals surface area contributed by atoms with E-state index >= 15 is 0 Å². The average Bonchev–Trinajstić information content (AvgIpc) is 3.19. The Morgan fingerprint density at radius 3 is 2.95 bits per heavy atom. The lowest BCUT2D eigenvalue weighted by Gasteiger charge is -2.15. The lowest BCUT2D eigenvalue weighted by Crippen LogP contribution is -2.28. The Morgan fingerprint density at radius 1 is 1.33 bits per heavy atom. The number of nitrogens with zero attached hydrogens (tertiary/aromatic N) is 6. The third-order valence-corrected chi connectivity index (χ3v) is 3.33. The van der Waals surface area contributed by atoms with Gasteiger partial charge in [-0.25, -0.2) is 19.6 Å². The summed E-state index contributed by atoms with van der Waals surface area (Å²) in [6.07, 6.45) is 7.01. The normalized spacial score (nSPS) is 14.4. The molecule has 1 saturated heterocycles. The molecule has 1 fully saturated rings. The van der Waals surface area contributed by atoms with Crippen LogP contribution in [0, 0.1) is 0 Å². The SMILES string of the molecule is O=C(Cn1cncn1)NCc1ccnc(N2CCCC2)n1. The molecular formula is C13H17N7O. The van der Waals surface area contributed by atoms with Crippen molar-refractivity contribution in [3.8, 4) is 0 Å². The predicted octanol–water partition coefficient (Wildman–Crippen LogP) is -0.0153. The average molecular weight is 287 g/mol. The molecule has 0 aliphatic carbocycles. The van der Waals surface area contributed by atoms with Crippen molar-refractivity contribution in [3.63, 3.8) is 0 Å². The number of amides is 1. The van der Waals surface area contributed by atoms with Gasteiger partial charge in [0.15, 0.2) is 0 Å². The zero-order valence-electron chi connectivity index (χ0n) is 11.6. The first-order valence-corrected chi connectivity index (χ1v) is 6.97. The molecule has 1 aliphatic heterocycles. The Morgan fingerprint density at radius 2 is 2.19 bits per heavy atom. The van der Waals surface area contributed by atoms with Crippen LogP contribution >= 0.6 is 0 Å². The van der Waals surface area contributed by atoms with Gasteiger partial charge >= 0.3 is 0 Å². The second-order valence-electron chi connectivity index (χ2n) is 4.91. The molecule has 0 unspecified atom stereocenters. The number of carbonyl (C=O) groups is 1. The van der Waals surface area contributed by atoms with Gasteiger partial charge in [0.1, 0.15) is 19.2 Å². The molecule has 1 N–H and O–H groups in total. The van der Waals surface area contributed by atoms with Gasteiger partial charge in [0, 0.05) is 19.3 Å². The highest BCUT2D eigenvalue weighted by Gasteiger charge is 2.15. The summed E-state index contributed by atoms with van der Waals surface area (Å²) in [5.74, 6) is 0.623. The molecule has 0 aromatic carbocycles. The molecule has 1 amide bonds. The Labute approximate surface area is 122 Å². The van der Waals surface area contributed by atoms with Crippen LogP contribution < -0.4 is 10.2 Å². The first-order valence-electron chi connectivity index (χ1n) is 6.97. The number of rotatable bonds is 5. The van der Waals surface area contributed by atoms with Gasteiger partial charge in [-0.3, -0.25) is 4.79 Å². The van der Waals surface area contributed by atoms with E-state index in [1.54, 1.807) is 6.20 Å². The highest BCUT2D eigenvalue weighted by Crippen LogP contribution is 2.15. The Bertz CT molecular complexity index is 592. The fourth-order valence-corrected chi connectivity index (χ4v) is 2.26. The lowest BCUT2D eigenvalue weighted by molar-refractivity contribution is -0.122. The van der Waals surface area contributed by atoms with Gasteiger partial charge in [-0.05, 0) is 18.9 Å². The third-order valence-electron chi connectivity index (χ3n) is 3.33. The summed E-state index contributed by atoms with van der Waals surface area (Å²) in [5.41, 5.74) is 0.804. The van der Waals surface area contributed by atoms with E-state index < -0.39 is 0 Å². The van der Waals surface area contributed by atoms with Crippen LogP contribution in [0.2, 0.25) is 0 Å². The molecule has 0 bridgehead atoms. The van der Waals surface area contributed by atoms with Gasteiger partial charge in [-0.2, -0.15) is 5.10 Å². The maximum atomic E-state index is 11.8. The minimum Gasteiger partial charge on any atom is -0.349 e. The smallest absolute Gasteiger partial charge is 0.242 e. The molecular weight excluding hydrogens is 270 g/mol. The van der Waals surface area contributed by atoms with Crippen molar-refractivity contribution in [1.29, 1.82) is 0 Å². The van der Waals surface area contributed by atoms with E-state index in [0.717, 1.165) is 24.7 Å². The standard InChI is InChI=1S/C13H17N7O/c21-12(8-20-10-14-9-17-20)16-7-11-3-4-15-13(18-11)19-5-1-2-6-19/h3-4,9-10H,1-2,5-8H2,(H,16,21). The first-order chi connectivity index (χ1) is 10.3. The summed E-state index contributed by atoms with van der Waals surface area (Å²) < 4.78 is 1.48. The minimum atomic E-state index is -0.123. The van der Waals surface area contributed by atoms with E-state index in [0.29, 0.717) is 6.54 Å². The largest absolute Gasteiger partial charge is 0.349 e. The van der Waals surface area contributed by atoms with Crippen LogP contribution in [-0.4, -0.2) is 43.7 Å².